The lowest BCUT2D eigenvalue weighted by atomic mass is 10.0. The highest BCUT2D eigenvalue weighted by molar-refractivity contribution is 6.25. The van der Waals surface area contributed by atoms with Gasteiger partial charge < -0.3 is 14.5 Å². The fourth-order valence-corrected chi connectivity index (χ4v) is 6.30. The van der Waals surface area contributed by atoms with Gasteiger partial charge in [-0.25, -0.2) is 4.39 Å². The van der Waals surface area contributed by atoms with Crippen molar-refractivity contribution < 1.29 is 13.9 Å². The van der Waals surface area contributed by atoms with Crippen LogP contribution < -0.4 is 14.5 Å². The molecule has 0 N–H and O–H groups in total. The fraction of sp³-hybridized carbons (Fsp3) is 0.229. The number of nitriles is 1. The van der Waals surface area contributed by atoms with E-state index in [1.807, 2.05) is 63.1 Å². The van der Waals surface area contributed by atoms with E-state index in [9.17, 15) is 9.18 Å². The quantitative estimate of drug-likeness (QED) is 0.236. The number of aromatic nitrogens is 2. The number of anilines is 2. The molecule has 1 saturated heterocycles. The fourth-order valence-electron chi connectivity index (χ4n) is 6.30. The van der Waals surface area contributed by atoms with Crippen molar-refractivity contribution in [3.63, 3.8) is 0 Å². The molecule has 5 aromatic rings. The minimum Gasteiger partial charge on any atom is -0.497 e. The van der Waals surface area contributed by atoms with Crippen molar-refractivity contribution in [1.82, 2.24) is 14.7 Å². The summed E-state index contributed by atoms with van der Waals surface area (Å²) in [6, 6.07) is 24.6. The minimum atomic E-state index is -0.351. The third kappa shape index (κ3) is 5.14. The van der Waals surface area contributed by atoms with Crippen LogP contribution in [0.1, 0.15) is 32.6 Å². The lowest BCUT2D eigenvalue weighted by Gasteiger charge is -2.36. The van der Waals surface area contributed by atoms with Crippen LogP contribution in [0.4, 0.5) is 15.8 Å². The second kappa shape index (κ2) is 11.5. The smallest absolute Gasteiger partial charge is 0.259 e. The number of amides is 1. The summed E-state index contributed by atoms with van der Waals surface area (Å²) in [5.74, 6) is 0.454. The predicted octanol–water partition coefficient (Wildman–Crippen LogP) is 5.59. The number of methoxy groups -OCH3 is 1. The largest absolute Gasteiger partial charge is 0.497 e. The topological polar surface area (TPSA) is 77.6 Å². The molecule has 0 unspecified atom stereocenters. The van der Waals surface area contributed by atoms with E-state index in [0.717, 1.165) is 64.1 Å². The summed E-state index contributed by atoms with van der Waals surface area (Å²) >= 11 is 0. The molecule has 2 aliphatic rings. The maximum absolute atomic E-state index is 14.5. The van der Waals surface area contributed by atoms with Crippen LogP contribution >= 0.6 is 0 Å². The van der Waals surface area contributed by atoms with E-state index in [1.54, 1.807) is 19.2 Å². The average Bonchev–Trinajstić information content (AvgIpc) is 3.61. The molecule has 0 bridgehead atoms. The van der Waals surface area contributed by atoms with E-state index >= 15 is 0 Å². The molecule has 9 heteroatoms. The molecule has 3 heterocycles. The van der Waals surface area contributed by atoms with Gasteiger partial charge in [0.1, 0.15) is 11.6 Å². The van der Waals surface area contributed by atoms with Gasteiger partial charge in [0.15, 0.2) is 0 Å². The van der Waals surface area contributed by atoms with Crippen molar-refractivity contribution >= 4 is 28.1 Å². The average molecular weight is 587 g/mol. The van der Waals surface area contributed by atoms with E-state index < -0.39 is 0 Å². The number of ether oxygens (including phenoxy) is 1. The van der Waals surface area contributed by atoms with Gasteiger partial charge in [0.2, 0.25) is 0 Å². The summed E-state index contributed by atoms with van der Waals surface area (Å²) in [6.07, 6.45) is 3.99. The van der Waals surface area contributed by atoms with Crippen LogP contribution in [0, 0.1) is 17.1 Å². The highest BCUT2D eigenvalue weighted by atomic mass is 19.1. The minimum absolute atomic E-state index is 0.0157. The molecule has 220 valence electrons. The Morgan fingerprint density at radius 1 is 0.909 bits per heavy atom. The summed E-state index contributed by atoms with van der Waals surface area (Å²) in [7, 11) is 1.64. The molecule has 1 fully saturated rings. The summed E-state index contributed by atoms with van der Waals surface area (Å²) < 4.78 is 21.7. The lowest BCUT2D eigenvalue weighted by Crippen LogP contribution is -2.46. The van der Waals surface area contributed by atoms with Crippen molar-refractivity contribution in [2.45, 2.75) is 19.6 Å². The SMILES string of the molecule is COc1ccc(CN2C(=O)c3cccc4c(Cn5cc(CN6CCN(c7ccc(C#N)cc7F)CC6)cn5)ccc2c34)cc1. The van der Waals surface area contributed by atoms with Crippen molar-refractivity contribution in [3.05, 3.63) is 119 Å². The Labute approximate surface area is 255 Å². The third-order valence-corrected chi connectivity index (χ3v) is 8.59. The van der Waals surface area contributed by atoms with Crippen molar-refractivity contribution in [1.29, 1.82) is 5.26 Å². The molecule has 0 saturated carbocycles. The van der Waals surface area contributed by atoms with Crippen molar-refractivity contribution in [2.24, 2.45) is 0 Å². The molecule has 4 aromatic carbocycles. The van der Waals surface area contributed by atoms with Crippen LogP contribution in [0.2, 0.25) is 0 Å². The van der Waals surface area contributed by atoms with Gasteiger partial charge in [-0.1, -0.05) is 30.3 Å². The normalized spacial score (nSPS) is 14.8. The third-order valence-electron chi connectivity index (χ3n) is 8.59. The first-order valence-electron chi connectivity index (χ1n) is 14.7. The van der Waals surface area contributed by atoms with Crippen molar-refractivity contribution in [3.8, 4) is 11.8 Å². The number of carbonyl (C=O) groups excluding carboxylic acids is 1. The Morgan fingerprint density at radius 3 is 2.45 bits per heavy atom. The Bertz CT molecular complexity index is 1900. The molecular weight excluding hydrogens is 555 g/mol. The van der Waals surface area contributed by atoms with Gasteiger partial charge in [-0.05, 0) is 59.0 Å². The zero-order chi connectivity index (χ0) is 30.2. The van der Waals surface area contributed by atoms with E-state index in [-0.39, 0.29) is 11.7 Å². The molecule has 1 aromatic heterocycles. The van der Waals surface area contributed by atoms with Crippen molar-refractivity contribution in [2.75, 3.05) is 43.1 Å². The van der Waals surface area contributed by atoms with Crippen LogP contribution in [0.5, 0.6) is 5.75 Å². The Morgan fingerprint density at radius 2 is 1.70 bits per heavy atom. The predicted molar refractivity (Wildman–Crippen MR) is 167 cm³/mol. The van der Waals surface area contributed by atoms with E-state index in [4.69, 9.17) is 10.00 Å². The van der Waals surface area contributed by atoms with Gasteiger partial charge >= 0.3 is 0 Å². The summed E-state index contributed by atoms with van der Waals surface area (Å²) in [5, 5.41) is 15.7. The molecule has 0 aliphatic carbocycles. The second-order valence-corrected chi connectivity index (χ2v) is 11.3. The first kappa shape index (κ1) is 27.6. The monoisotopic (exact) mass is 586 g/mol. The first-order chi connectivity index (χ1) is 21.5. The van der Waals surface area contributed by atoms with E-state index in [1.165, 1.54) is 6.07 Å². The highest BCUT2D eigenvalue weighted by Gasteiger charge is 2.30. The van der Waals surface area contributed by atoms with Crippen LogP contribution in [-0.4, -0.2) is 53.9 Å². The maximum atomic E-state index is 14.5. The van der Waals surface area contributed by atoms with Crippen LogP contribution in [0.3, 0.4) is 0 Å². The summed E-state index contributed by atoms with van der Waals surface area (Å²) in [5.41, 5.74) is 5.81. The van der Waals surface area contributed by atoms with Crippen LogP contribution in [-0.2, 0) is 19.6 Å². The number of benzene rings is 4. The van der Waals surface area contributed by atoms with Crippen LogP contribution in [0.15, 0.2) is 85.2 Å². The Hall–Kier alpha value is -5.20. The van der Waals surface area contributed by atoms with Gasteiger partial charge in [0, 0.05) is 55.4 Å². The molecule has 0 radical (unpaired) electrons. The number of hydrogen-bond donors (Lipinski definition) is 0. The Balaban J connectivity index is 1.03. The second-order valence-electron chi connectivity index (χ2n) is 11.3. The Kier molecular flexibility index (Phi) is 7.20. The zero-order valence-electron chi connectivity index (χ0n) is 24.4. The summed E-state index contributed by atoms with van der Waals surface area (Å²) in [6.45, 7) is 4.89. The number of rotatable bonds is 8. The number of nitrogens with zero attached hydrogens (tertiary/aromatic N) is 6. The first-order valence-corrected chi connectivity index (χ1v) is 14.7. The zero-order valence-corrected chi connectivity index (χ0v) is 24.4. The molecule has 8 nitrogen and oxygen atoms in total. The molecular formula is C35H31FN6O2. The van der Waals surface area contributed by atoms with Gasteiger partial charge in [0.25, 0.3) is 5.91 Å². The molecule has 7 rings (SSSR count). The number of carbonyl (C=O) groups is 1. The number of hydrogen-bond acceptors (Lipinski definition) is 6. The standard InChI is InChI=1S/C35H31FN6O2/c1-44-28-9-5-24(6-10-28)22-42-33-12-8-27(29-3-2-4-30(34(29)33)35(42)43)23-41-21-26(19-38-41)20-39-13-15-40(16-14-39)32-11-7-25(18-37)17-31(32)36/h2-12,17,19,21H,13-16,20,22-23H2,1H3. The number of piperazine rings is 1. The van der Waals surface area contributed by atoms with E-state index in [0.29, 0.717) is 37.4 Å². The highest BCUT2D eigenvalue weighted by Crippen LogP contribution is 2.40. The van der Waals surface area contributed by atoms with Gasteiger partial charge in [-0.3, -0.25) is 14.4 Å². The van der Waals surface area contributed by atoms with Gasteiger partial charge in [-0.15, -0.1) is 0 Å². The molecule has 1 amide bonds. The summed E-state index contributed by atoms with van der Waals surface area (Å²) in [4.78, 5) is 19.7. The molecule has 2 aliphatic heterocycles. The lowest BCUT2D eigenvalue weighted by molar-refractivity contribution is 0.0991. The molecule has 0 spiro atoms. The molecule has 0 atom stereocenters. The number of halogens is 1. The van der Waals surface area contributed by atoms with E-state index in [2.05, 4.69) is 34.4 Å². The molecule has 44 heavy (non-hydrogen) atoms. The van der Waals surface area contributed by atoms with Gasteiger partial charge in [-0.2, -0.15) is 10.4 Å². The van der Waals surface area contributed by atoms with Crippen LogP contribution in [0.25, 0.3) is 10.8 Å². The maximum Gasteiger partial charge on any atom is 0.259 e. The van der Waals surface area contributed by atoms with Gasteiger partial charge in [0.05, 0.1) is 49.4 Å².